The number of carbonyl (C=O) groups excluding carboxylic acids is 6. The fourth-order valence-corrected chi connectivity index (χ4v) is 5.93. The van der Waals surface area contributed by atoms with Gasteiger partial charge in [-0.05, 0) is 61.1 Å². The molecule has 2 atom stereocenters. The van der Waals surface area contributed by atoms with Crippen molar-refractivity contribution in [1.82, 2.24) is 10.2 Å². The van der Waals surface area contributed by atoms with Gasteiger partial charge in [0.05, 0.1) is 11.0 Å². The van der Waals surface area contributed by atoms with Crippen molar-refractivity contribution < 1.29 is 43.2 Å². The van der Waals surface area contributed by atoms with Gasteiger partial charge < -0.3 is 20.1 Å². The summed E-state index contributed by atoms with van der Waals surface area (Å²) in [6, 6.07) is 20.1. The van der Waals surface area contributed by atoms with Crippen molar-refractivity contribution in [1.29, 1.82) is 0 Å². The summed E-state index contributed by atoms with van der Waals surface area (Å²) in [5.41, 5.74) is 1.82. The standard InChI is InChI=1S/C41H46N4O10/c1-2-3-6-13-31(40(50)42-32-17-15-30(16-18-32)28-54-41(51)55-34-21-19-33(20-22-34)45(52)53)27-36(46)35(26-29-11-7-4-8-12-29)43-37(47)14-9-5-10-25-44-38(48)23-24-39(44)49/h4,7-8,11-12,15-24,31,35H,2-3,5-6,9-10,13-14,25-28H2,1H3,(H,42,50)(H,43,47)/t31-,35+/m1/s1. The van der Waals surface area contributed by atoms with Crippen LogP contribution in [0.15, 0.2) is 91.0 Å². The zero-order valence-corrected chi connectivity index (χ0v) is 30.8. The van der Waals surface area contributed by atoms with Gasteiger partial charge in [0, 0.05) is 55.3 Å². The highest BCUT2D eigenvalue weighted by molar-refractivity contribution is 6.12. The lowest BCUT2D eigenvalue weighted by Gasteiger charge is -2.22. The molecule has 0 unspecified atom stereocenters. The van der Waals surface area contributed by atoms with Crippen LogP contribution in [-0.2, 0) is 41.7 Å². The van der Waals surface area contributed by atoms with Gasteiger partial charge in [-0.1, -0.05) is 75.1 Å². The zero-order valence-electron chi connectivity index (χ0n) is 30.8. The van der Waals surface area contributed by atoms with Crippen LogP contribution in [0.4, 0.5) is 16.2 Å². The first-order valence-electron chi connectivity index (χ1n) is 18.4. The molecule has 1 heterocycles. The number of ether oxygens (including phenoxy) is 2. The van der Waals surface area contributed by atoms with E-state index >= 15 is 0 Å². The summed E-state index contributed by atoms with van der Waals surface area (Å²) in [6.07, 6.45) is 6.60. The van der Waals surface area contributed by atoms with E-state index in [1.807, 2.05) is 30.3 Å². The van der Waals surface area contributed by atoms with Crippen LogP contribution in [-0.4, -0.2) is 58.0 Å². The van der Waals surface area contributed by atoms with Gasteiger partial charge in [-0.15, -0.1) is 0 Å². The number of non-ortho nitro benzene ring substituents is 1. The van der Waals surface area contributed by atoms with Crippen molar-refractivity contribution in [2.45, 2.75) is 83.8 Å². The normalized spacial score (nSPS) is 13.2. The lowest BCUT2D eigenvalue weighted by molar-refractivity contribution is -0.384. The predicted molar refractivity (Wildman–Crippen MR) is 203 cm³/mol. The van der Waals surface area contributed by atoms with Gasteiger partial charge in [-0.3, -0.25) is 39.0 Å². The van der Waals surface area contributed by atoms with Crippen LogP contribution in [0.25, 0.3) is 0 Å². The van der Waals surface area contributed by atoms with Crippen LogP contribution in [0.1, 0.15) is 75.8 Å². The topological polar surface area (TPSA) is 191 Å². The summed E-state index contributed by atoms with van der Waals surface area (Å²) in [6.45, 7) is 2.21. The Balaban J connectivity index is 1.31. The van der Waals surface area contributed by atoms with E-state index in [2.05, 4.69) is 17.6 Å². The van der Waals surface area contributed by atoms with Crippen LogP contribution in [0.2, 0.25) is 0 Å². The molecule has 1 aliphatic rings. The molecule has 2 N–H and O–H groups in total. The molecule has 4 rings (SSSR count). The number of amides is 4. The summed E-state index contributed by atoms with van der Waals surface area (Å²) in [5.74, 6) is -2.09. The largest absolute Gasteiger partial charge is 0.514 e. The Morgan fingerprint density at radius 1 is 0.818 bits per heavy atom. The average molecular weight is 755 g/mol. The van der Waals surface area contributed by atoms with Crippen LogP contribution in [0, 0.1) is 16.0 Å². The van der Waals surface area contributed by atoms with E-state index in [0.717, 1.165) is 24.8 Å². The third-order valence-corrected chi connectivity index (χ3v) is 8.99. The minimum atomic E-state index is -0.990. The van der Waals surface area contributed by atoms with E-state index in [0.29, 0.717) is 36.9 Å². The molecule has 0 bridgehead atoms. The van der Waals surface area contributed by atoms with Gasteiger partial charge in [0.2, 0.25) is 11.8 Å². The second-order valence-corrected chi connectivity index (χ2v) is 13.2. The molecule has 0 aliphatic carbocycles. The molecule has 290 valence electrons. The lowest BCUT2D eigenvalue weighted by atomic mass is 9.90. The first kappa shape index (κ1) is 41.6. The van der Waals surface area contributed by atoms with Crippen LogP contribution in [0.3, 0.4) is 0 Å². The highest BCUT2D eigenvalue weighted by Crippen LogP contribution is 2.21. The second-order valence-electron chi connectivity index (χ2n) is 13.2. The average Bonchev–Trinajstić information content (AvgIpc) is 3.50. The molecule has 0 saturated carbocycles. The highest BCUT2D eigenvalue weighted by Gasteiger charge is 2.28. The Morgan fingerprint density at radius 2 is 1.51 bits per heavy atom. The second kappa shape index (κ2) is 21.5. The number of hydrogen-bond donors (Lipinski definition) is 2. The Hall–Kier alpha value is -6.18. The van der Waals surface area contributed by atoms with Gasteiger partial charge >= 0.3 is 6.16 Å². The number of anilines is 1. The van der Waals surface area contributed by atoms with E-state index in [9.17, 15) is 38.9 Å². The summed E-state index contributed by atoms with van der Waals surface area (Å²) < 4.78 is 10.2. The van der Waals surface area contributed by atoms with Crippen molar-refractivity contribution >= 4 is 46.9 Å². The fourth-order valence-electron chi connectivity index (χ4n) is 5.93. The van der Waals surface area contributed by atoms with Crippen LogP contribution >= 0.6 is 0 Å². The molecule has 0 radical (unpaired) electrons. The Bertz CT molecular complexity index is 1810. The number of imide groups is 1. The molecule has 14 nitrogen and oxygen atoms in total. The molecule has 0 fully saturated rings. The summed E-state index contributed by atoms with van der Waals surface area (Å²) >= 11 is 0. The van der Waals surface area contributed by atoms with Crippen molar-refractivity contribution in [3.63, 3.8) is 0 Å². The summed E-state index contributed by atoms with van der Waals surface area (Å²) in [4.78, 5) is 87.5. The van der Waals surface area contributed by atoms with Gasteiger partial charge in [0.25, 0.3) is 17.5 Å². The van der Waals surface area contributed by atoms with E-state index in [1.165, 1.54) is 41.3 Å². The molecule has 3 aromatic carbocycles. The molecule has 1 aliphatic heterocycles. The molecule has 14 heteroatoms. The fraction of sp³-hybridized carbons (Fsp3) is 0.366. The number of nitro groups is 1. The van der Waals surface area contributed by atoms with Gasteiger partial charge in [-0.25, -0.2) is 4.79 Å². The molecule has 55 heavy (non-hydrogen) atoms. The first-order chi connectivity index (χ1) is 26.5. The lowest BCUT2D eigenvalue weighted by Crippen LogP contribution is -2.43. The minimum Gasteiger partial charge on any atom is -0.429 e. The van der Waals surface area contributed by atoms with E-state index < -0.39 is 23.0 Å². The van der Waals surface area contributed by atoms with E-state index in [4.69, 9.17) is 9.47 Å². The molecule has 0 aromatic heterocycles. The number of Topliss-reactive ketones (excluding diaryl/α,β-unsaturated/α-hetero) is 1. The number of ketones is 1. The molecule has 0 spiro atoms. The Labute approximate surface area is 319 Å². The number of unbranched alkanes of at least 4 members (excludes halogenated alkanes) is 4. The predicted octanol–water partition coefficient (Wildman–Crippen LogP) is 6.62. The van der Waals surface area contributed by atoms with Crippen molar-refractivity contribution in [3.8, 4) is 5.75 Å². The molecule has 0 saturated heterocycles. The number of nitro benzene ring substituents is 1. The summed E-state index contributed by atoms with van der Waals surface area (Å²) in [7, 11) is 0. The van der Waals surface area contributed by atoms with Crippen molar-refractivity contribution in [2.75, 3.05) is 11.9 Å². The van der Waals surface area contributed by atoms with Crippen LogP contribution in [0.5, 0.6) is 5.75 Å². The van der Waals surface area contributed by atoms with Crippen molar-refractivity contribution in [3.05, 3.63) is 112 Å². The van der Waals surface area contributed by atoms with Gasteiger partial charge in [0.1, 0.15) is 12.4 Å². The maximum Gasteiger partial charge on any atom is 0.514 e. The number of carbonyl (C=O) groups is 6. The summed E-state index contributed by atoms with van der Waals surface area (Å²) in [5, 5.41) is 16.6. The number of benzene rings is 3. The smallest absolute Gasteiger partial charge is 0.429 e. The van der Waals surface area contributed by atoms with E-state index in [1.54, 1.807) is 24.3 Å². The molecule has 3 aromatic rings. The third kappa shape index (κ3) is 14.0. The van der Waals surface area contributed by atoms with Gasteiger partial charge in [0.15, 0.2) is 5.78 Å². The van der Waals surface area contributed by atoms with Crippen molar-refractivity contribution in [2.24, 2.45) is 5.92 Å². The quantitative estimate of drug-likeness (QED) is 0.0282. The zero-order chi connectivity index (χ0) is 39.6. The first-order valence-corrected chi connectivity index (χ1v) is 18.4. The Kier molecular flexibility index (Phi) is 16.3. The third-order valence-electron chi connectivity index (χ3n) is 8.99. The number of hydrogen-bond acceptors (Lipinski definition) is 10. The number of nitrogens with one attached hydrogen (secondary N) is 2. The highest BCUT2D eigenvalue weighted by atomic mass is 16.7. The minimum absolute atomic E-state index is 0.0674. The molecule has 4 amide bonds. The Morgan fingerprint density at radius 3 is 2.16 bits per heavy atom. The SMILES string of the molecule is CCCCC[C@H](CC(=O)[C@H](Cc1ccccc1)NC(=O)CCCCCN1C(=O)C=CC1=O)C(=O)Nc1ccc(COC(=O)Oc2ccc([N+](=O)[O-])cc2)cc1. The molecular formula is C41H46N4O10. The maximum absolute atomic E-state index is 13.8. The molecular weight excluding hydrogens is 708 g/mol. The monoisotopic (exact) mass is 754 g/mol. The maximum atomic E-state index is 13.8. The number of rotatable bonds is 22. The van der Waals surface area contributed by atoms with Crippen LogP contribution < -0.4 is 15.4 Å². The number of nitrogens with zero attached hydrogens (tertiary/aromatic N) is 2. The van der Waals surface area contributed by atoms with E-state index in [-0.39, 0.29) is 73.3 Å². The van der Waals surface area contributed by atoms with Gasteiger partial charge in [-0.2, -0.15) is 0 Å².